The predicted molar refractivity (Wildman–Crippen MR) is 62.8 cm³/mol. The van der Waals surface area contributed by atoms with Gasteiger partial charge in [0.25, 0.3) is 0 Å². The van der Waals surface area contributed by atoms with Gasteiger partial charge in [0, 0.05) is 26.3 Å². The number of hydrogen-bond donors (Lipinski definition) is 1. The van der Waals surface area contributed by atoms with Crippen LogP contribution in [0.4, 0.5) is 11.8 Å². The number of anilines is 2. The van der Waals surface area contributed by atoms with Gasteiger partial charge in [0.2, 0.25) is 5.95 Å². The summed E-state index contributed by atoms with van der Waals surface area (Å²) in [6, 6.07) is 0.408. The van der Waals surface area contributed by atoms with E-state index in [2.05, 4.69) is 50.0 Å². The molecule has 0 unspecified atom stereocenters. The van der Waals surface area contributed by atoms with Crippen LogP contribution in [0.5, 0.6) is 0 Å². The van der Waals surface area contributed by atoms with Crippen molar-refractivity contribution in [1.29, 1.82) is 0 Å². The molecule has 1 aromatic heterocycles. The van der Waals surface area contributed by atoms with E-state index in [-0.39, 0.29) is 0 Å². The van der Waals surface area contributed by atoms with Crippen LogP contribution in [0.2, 0.25) is 0 Å². The third-order valence-electron chi connectivity index (χ3n) is 2.06. The molecule has 1 rings (SSSR count). The Morgan fingerprint density at radius 2 is 2.14 bits per heavy atom. The van der Waals surface area contributed by atoms with Crippen LogP contribution < -0.4 is 10.2 Å². The number of nitrogens with one attached hydrogen (secondary N) is 1. The maximum Gasteiger partial charge on any atom is 0.224 e. The first-order valence-corrected chi connectivity index (χ1v) is 5.28. The minimum atomic E-state index is 0.408. The number of halogens is 1. The Bertz CT molecular complexity index is 314. The molecule has 5 heteroatoms. The molecule has 0 amide bonds. The lowest BCUT2D eigenvalue weighted by atomic mass is 10.3. The van der Waals surface area contributed by atoms with Crippen LogP contribution in [0.3, 0.4) is 0 Å². The molecule has 0 aliphatic carbocycles. The first-order chi connectivity index (χ1) is 6.56. The summed E-state index contributed by atoms with van der Waals surface area (Å²) >= 11 is 3.43. The van der Waals surface area contributed by atoms with Crippen LogP contribution in [0, 0.1) is 0 Å². The van der Waals surface area contributed by atoms with E-state index in [1.165, 1.54) is 0 Å². The summed E-state index contributed by atoms with van der Waals surface area (Å²) in [4.78, 5) is 10.6. The van der Waals surface area contributed by atoms with E-state index in [1.54, 1.807) is 6.20 Å². The van der Waals surface area contributed by atoms with Crippen molar-refractivity contribution >= 4 is 27.7 Å². The minimum absolute atomic E-state index is 0.408. The highest BCUT2D eigenvalue weighted by atomic mass is 79.9. The van der Waals surface area contributed by atoms with Crippen molar-refractivity contribution in [2.45, 2.75) is 19.9 Å². The largest absolute Gasteiger partial charge is 0.357 e. The average Bonchev–Trinajstić information content (AvgIpc) is 2.17. The first kappa shape index (κ1) is 11.2. The second kappa shape index (κ2) is 4.59. The zero-order chi connectivity index (χ0) is 10.7. The molecule has 0 fully saturated rings. The fraction of sp³-hybridized carbons (Fsp3) is 0.556. The Kier molecular flexibility index (Phi) is 3.69. The van der Waals surface area contributed by atoms with Crippen LogP contribution in [0.25, 0.3) is 0 Å². The van der Waals surface area contributed by atoms with E-state index in [9.17, 15) is 0 Å². The van der Waals surface area contributed by atoms with Gasteiger partial charge < -0.3 is 10.2 Å². The summed E-state index contributed by atoms with van der Waals surface area (Å²) in [5.41, 5.74) is 0. The first-order valence-electron chi connectivity index (χ1n) is 4.49. The SMILES string of the molecule is CNc1ncc(Br)c(N(C)C(C)C)n1. The normalized spacial score (nSPS) is 10.4. The van der Waals surface area contributed by atoms with Crippen LogP contribution in [-0.4, -0.2) is 30.1 Å². The topological polar surface area (TPSA) is 41.1 Å². The Morgan fingerprint density at radius 1 is 1.50 bits per heavy atom. The van der Waals surface area contributed by atoms with Crippen molar-refractivity contribution in [3.8, 4) is 0 Å². The van der Waals surface area contributed by atoms with Crippen LogP contribution in [0.15, 0.2) is 10.7 Å². The molecule has 0 aliphatic rings. The molecule has 0 bridgehead atoms. The van der Waals surface area contributed by atoms with Crippen molar-refractivity contribution in [2.75, 3.05) is 24.3 Å². The smallest absolute Gasteiger partial charge is 0.224 e. The van der Waals surface area contributed by atoms with Crippen molar-refractivity contribution < 1.29 is 0 Å². The van der Waals surface area contributed by atoms with E-state index >= 15 is 0 Å². The molecule has 1 N–H and O–H groups in total. The van der Waals surface area contributed by atoms with Crippen molar-refractivity contribution in [3.63, 3.8) is 0 Å². The molecule has 4 nitrogen and oxygen atoms in total. The minimum Gasteiger partial charge on any atom is -0.357 e. The van der Waals surface area contributed by atoms with E-state index in [0.717, 1.165) is 10.3 Å². The molecule has 78 valence electrons. The molecule has 1 heterocycles. The second-order valence-electron chi connectivity index (χ2n) is 3.32. The van der Waals surface area contributed by atoms with E-state index in [4.69, 9.17) is 0 Å². The standard InChI is InChI=1S/C9H15BrN4/c1-6(2)14(4)8-7(10)5-12-9(11-3)13-8/h5-6H,1-4H3,(H,11,12,13). The summed E-state index contributed by atoms with van der Waals surface area (Å²) in [5, 5.41) is 2.92. The molecular weight excluding hydrogens is 244 g/mol. The molecule has 0 aromatic carbocycles. The summed E-state index contributed by atoms with van der Waals surface area (Å²) in [7, 11) is 3.82. The average molecular weight is 259 g/mol. The summed E-state index contributed by atoms with van der Waals surface area (Å²) in [6.07, 6.45) is 1.76. The van der Waals surface area contributed by atoms with Gasteiger partial charge in [-0.2, -0.15) is 4.98 Å². The van der Waals surface area contributed by atoms with E-state index < -0.39 is 0 Å². The van der Waals surface area contributed by atoms with Crippen LogP contribution in [0.1, 0.15) is 13.8 Å². The molecule has 0 spiro atoms. The van der Waals surface area contributed by atoms with Crippen LogP contribution in [-0.2, 0) is 0 Å². The van der Waals surface area contributed by atoms with Gasteiger partial charge in [-0.25, -0.2) is 4.98 Å². The molecule has 0 radical (unpaired) electrons. The molecular formula is C9H15BrN4. The van der Waals surface area contributed by atoms with Gasteiger partial charge in [-0.1, -0.05) is 0 Å². The maximum absolute atomic E-state index is 4.37. The lowest BCUT2D eigenvalue weighted by Gasteiger charge is -2.23. The predicted octanol–water partition coefficient (Wildman–Crippen LogP) is 2.13. The van der Waals surface area contributed by atoms with Gasteiger partial charge in [0.05, 0.1) is 4.47 Å². The van der Waals surface area contributed by atoms with Gasteiger partial charge in [-0.05, 0) is 29.8 Å². The van der Waals surface area contributed by atoms with Gasteiger partial charge in [0.15, 0.2) is 0 Å². The third kappa shape index (κ3) is 2.35. The summed E-state index contributed by atoms with van der Waals surface area (Å²) in [6.45, 7) is 4.24. The van der Waals surface area contributed by atoms with Gasteiger partial charge >= 0.3 is 0 Å². The Labute approximate surface area is 92.9 Å². The molecule has 14 heavy (non-hydrogen) atoms. The number of hydrogen-bond acceptors (Lipinski definition) is 4. The molecule has 1 aromatic rings. The van der Waals surface area contributed by atoms with Gasteiger partial charge in [-0.3, -0.25) is 0 Å². The zero-order valence-corrected chi connectivity index (χ0v) is 10.5. The zero-order valence-electron chi connectivity index (χ0n) is 8.87. The van der Waals surface area contributed by atoms with Gasteiger partial charge in [0.1, 0.15) is 5.82 Å². The van der Waals surface area contributed by atoms with Gasteiger partial charge in [-0.15, -0.1) is 0 Å². The Balaban J connectivity index is 3.05. The third-order valence-corrected chi connectivity index (χ3v) is 2.62. The quantitative estimate of drug-likeness (QED) is 0.902. The molecule has 0 saturated heterocycles. The van der Waals surface area contributed by atoms with Crippen molar-refractivity contribution in [2.24, 2.45) is 0 Å². The van der Waals surface area contributed by atoms with Crippen LogP contribution >= 0.6 is 15.9 Å². The fourth-order valence-corrected chi connectivity index (χ4v) is 1.44. The summed E-state index contributed by atoms with van der Waals surface area (Å²) < 4.78 is 0.910. The highest BCUT2D eigenvalue weighted by molar-refractivity contribution is 9.10. The monoisotopic (exact) mass is 258 g/mol. The second-order valence-corrected chi connectivity index (χ2v) is 4.17. The highest BCUT2D eigenvalue weighted by Crippen LogP contribution is 2.24. The van der Waals surface area contributed by atoms with E-state index in [0.29, 0.717) is 12.0 Å². The highest BCUT2D eigenvalue weighted by Gasteiger charge is 2.11. The molecule has 0 atom stereocenters. The van der Waals surface area contributed by atoms with Crippen molar-refractivity contribution in [1.82, 2.24) is 9.97 Å². The number of rotatable bonds is 3. The maximum atomic E-state index is 4.37. The lowest BCUT2D eigenvalue weighted by Crippen LogP contribution is -2.27. The fourth-order valence-electron chi connectivity index (χ4n) is 0.970. The summed E-state index contributed by atoms with van der Waals surface area (Å²) in [5.74, 6) is 1.54. The molecule has 0 saturated carbocycles. The van der Waals surface area contributed by atoms with E-state index in [1.807, 2.05) is 14.1 Å². The Morgan fingerprint density at radius 3 is 2.64 bits per heavy atom. The van der Waals surface area contributed by atoms with Crippen molar-refractivity contribution in [3.05, 3.63) is 10.7 Å². The number of aromatic nitrogens is 2. The lowest BCUT2D eigenvalue weighted by molar-refractivity contribution is 0.740. The molecule has 0 aliphatic heterocycles. The number of nitrogens with zero attached hydrogens (tertiary/aromatic N) is 3. The Hall–Kier alpha value is -0.840.